The largest absolute Gasteiger partial charge is 0.490 e. The van der Waals surface area contributed by atoms with Crippen LogP contribution in [0.3, 0.4) is 0 Å². The number of carbonyl (C=O) groups excluding carboxylic acids is 1. The van der Waals surface area contributed by atoms with Gasteiger partial charge in [-0.3, -0.25) is 4.79 Å². The van der Waals surface area contributed by atoms with Gasteiger partial charge >= 0.3 is 0 Å². The summed E-state index contributed by atoms with van der Waals surface area (Å²) < 4.78 is 25.5. The highest BCUT2D eigenvalue weighted by atomic mass is 32.2. The van der Waals surface area contributed by atoms with Gasteiger partial charge in [0.15, 0.2) is 17.0 Å². The molecule has 1 amide bonds. The van der Waals surface area contributed by atoms with Gasteiger partial charge in [0.25, 0.3) is 5.91 Å². The zero-order valence-corrected chi connectivity index (χ0v) is 20.0. The molecule has 1 aliphatic rings. The summed E-state index contributed by atoms with van der Waals surface area (Å²) in [4.78, 5) is 13.1. The topological polar surface area (TPSA) is 59.6 Å². The molecule has 0 aromatic heterocycles. The van der Waals surface area contributed by atoms with E-state index in [0.717, 1.165) is 17.7 Å². The maximum absolute atomic E-state index is 13.9. The summed E-state index contributed by atoms with van der Waals surface area (Å²) in [6, 6.07) is 20.1. The summed E-state index contributed by atoms with van der Waals surface area (Å²) in [5, 5.41) is 6.28. The van der Waals surface area contributed by atoms with E-state index in [4.69, 9.17) is 9.47 Å². The number of hydrogen-bond donors (Lipinski definition) is 2. The van der Waals surface area contributed by atoms with Crippen LogP contribution < -0.4 is 20.1 Å². The van der Waals surface area contributed by atoms with Crippen molar-refractivity contribution in [2.75, 3.05) is 11.9 Å². The van der Waals surface area contributed by atoms with Gasteiger partial charge in [-0.1, -0.05) is 55.1 Å². The average Bonchev–Trinajstić information content (AvgIpc) is 3.18. The number of thioether (sulfide) groups is 1. The first kappa shape index (κ1) is 23.7. The molecular formula is C27H27FN2O3S. The molecule has 1 heterocycles. The molecule has 0 bridgehead atoms. The van der Waals surface area contributed by atoms with Crippen molar-refractivity contribution in [3.05, 3.63) is 94.1 Å². The number of halogens is 1. The minimum atomic E-state index is -0.310. The number of carbonyl (C=O) groups is 1. The molecule has 3 aromatic carbocycles. The van der Waals surface area contributed by atoms with E-state index in [1.165, 1.54) is 23.4 Å². The average molecular weight is 479 g/mol. The van der Waals surface area contributed by atoms with E-state index in [1.54, 1.807) is 24.3 Å². The molecule has 176 valence electrons. The highest BCUT2D eigenvalue weighted by molar-refractivity contribution is 8.05. The first-order valence-electron chi connectivity index (χ1n) is 11.2. The van der Waals surface area contributed by atoms with Gasteiger partial charge in [0.05, 0.1) is 11.5 Å². The van der Waals surface area contributed by atoms with Gasteiger partial charge in [-0.05, 0) is 60.9 Å². The minimum Gasteiger partial charge on any atom is -0.490 e. The molecule has 0 spiro atoms. The summed E-state index contributed by atoms with van der Waals surface area (Å²) in [6.07, 6.45) is 2.81. The van der Waals surface area contributed by atoms with E-state index in [0.29, 0.717) is 28.6 Å². The summed E-state index contributed by atoms with van der Waals surface area (Å²) >= 11 is 1.43. The molecule has 2 N–H and O–H groups in total. The Hall–Kier alpha value is -3.45. The molecular weight excluding hydrogens is 451 g/mol. The van der Waals surface area contributed by atoms with Gasteiger partial charge in [-0.15, -0.1) is 0 Å². The van der Waals surface area contributed by atoms with Crippen LogP contribution in [0.1, 0.15) is 30.5 Å². The Labute approximate surface area is 203 Å². The molecule has 1 atom stereocenters. The Kier molecular flexibility index (Phi) is 7.75. The fraction of sp³-hybridized carbons (Fsp3) is 0.222. The van der Waals surface area contributed by atoms with Crippen LogP contribution in [-0.4, -0.2) is 18.0 Å². The third kappa shape index (κ3) is 5.91. The Bertz CT molecular complexity index is 1180. The van der Waals surface area contributed by atoms with Gasteiger partial charge in [-0.25, -0.2) is 4.39 Å². The second-order valence-corrected chi connectivity index (χ2v) is 8.84. The van der Waals surface area contributed by atoms with E-state index < -0.39 is 0 Å². The minimum absolute atomic E-state index is 0.0953. The predicted molar refractivity (Wildman–Crippen MR) is 135 cm³/mol. The van der Waals surface area contributed by atoms with Crippen LogP contribution in [0, 0.1) is 5.82 Å². The fourth-order valence-corrected chi connectivity index (χ4v) is 4.46. The molecule has 4 rings (SSSR count). The second-order valence-electron chi connectivity index (χ2n) is 7.69. The molecule has 0 aliphatic carbocycles. The normalized spacial score (nSPS) is 16.4. The second kappa shape index (κ2) is 11.1. The number of anilines is 1. The van der Waals surface area contributed by atoms with Crippen LogP contribution in [0.2, 0.25) is 0 Å². The number of amides is 1. The first-order valence-corrected chi connectivity index (χ1v) is 12.1. The van der Waals surface area contributed by atoms with E-state index in [-0.39, 0.29) is 23.8 Å². The summed E-state index contributed by atoms with van der Waals surface area (Å²) in [5.41, 5.74) is 3.25. The van der Waals surface area contributed by atoms with E-state index in [1.807, 2.05) is 37.3 Å². The third-order valence-electron chi connectivity index (χ3n) is 5.30. The van der Waals surface area contributed by atoms with Crippen molar-refractivity contribution in [2.24, 2.45) is 0 Å². The molecule has 3 aromatic rings. The van der Waals surface area contributed by atoms with Crippen LogP contribution in [0.25, 0.3) is 6.08 Å². The van der Waals surface area contributed by atoms with Crippen molar-refractivity contribution in [1.82, 2.24) is 5.32 Å². The molecule has 34 heavy (non-hydrogen) atoms. The maximum atomic E-state index is 13.9. The van der Waals surface area contributed by atoms with Crippen LogP contribution in [0.15, 0.2) is 71.6 Å². The Morgan fingerprint density at radius 3 is 2.56 bits per heavy atom. The number of benzene rings is 3. The molecule has 5 nitrogen and oxygen atoms in total. The van der Waals surface area contributed by atoms with E-state index >= 15 is 0 Å². The van der Waals surface area contributed by atoms with Crippen LogP contribution >= 0.6 is 11.8 Å². The molecule has 0 radical (unpaired) electrons. The summed E-state index contributed by atoms with van der Waals surface area (Å²) in [7, 11) is 0. The van der Waals surface area contributed by atoms with Crippen molar-refractivity contribution in [3.63, 3.8) is 0 Å². The molecule has 1 saturated heterocycles. The number of rotatable bonds is 9. The zero-order valence-electron chi connectivity index (χ0n) is 19.1. The van der Waals surface area contributed by atoms with Crippen molar-refractivity contribution in [3.8, 4) is 11.5 Å². The quantitative estimate of drug-likeness (QED) is 0.371. The standard InChI is InChI=1S/C27H27FN2O3S/c1-3-18-9-12-21(13-10-18)29-27-30-26(31)25(34-27)16-19-11-14-23(24(15-19)32-4-2)33-17-20-7-5-6-8-22(20)28/h5-16,27,29H,3-4,17H2,1-2H3,(H,30,31)/b25-16+/t27-/m1/s1. The van der Waals surface area contributed by atoms with Crippen LogP contribution in [0.4, 0.5) is 10.1 Å². The number of ether oxygens (including phenoxy) is 2. The highest BCUT2D eigenvalue weighted by Crippen LogP contribution is 2.34. The number of hydrogen-bond acceptors (Lipinski definition) is 5. The fourth-order valence-electron chi connectivity index (χ4n) is 3.48. The van der Waals surface area contributed by atoms with Crippen molar-refractivity contribution in [1.29, 1.82) is 0 Å². The lowest BCUT2D eigenvalue weighted by atomic mass is 10.1. The van der Waals surface area contributed by atoms with Crippen molar-refractivity contribution >= 4 is 29.4 Å². The Balaban J connectivity index is 1.45. The monoisotopic (exact) mass is 478 g/mol. The van der Waals surface area contributed by atoms with Gasteiger partial charge < -0.3 is 20.1 Å². The van der Waals surface area contributed by atoms with Crippen molar-refractivity contribution in [2.45, 2.75) is 32.4 Å². The van der Waals surface area contributed by atoms with E-state index in [9.17, 15) is 9.18 Å². The maximum Gasteiger partial charge on any atom is 0.260 e. The molecule has 0 saturated carbocycles. The smallest absolute Gasteiger partial charge is 0.260 e. The number of aryl methyl sites for hydroxylation is 1. The zero-order chi connectivity index (χ0) is 23.9. The molecule has 7 heteroatoms. The summed E-state index contributed by atoms with van der Waals surface area (Å²) in [6.45, 7) is 4.55. The summed E-state index contributed by atoms with van der Waals surface area (Å²) in [5.74, 6) is 0.620. The highest BCUT2D eigenvalue weighted by Gasteiger charge is 2.27. The molecule has 0 unspecified atom stereocenters. The van der Waals surface area contributed by atoms with E-state index in [2.05, 4.69) is 29.7 Å². The Morgan fingerprint density at radius 1 is 1.03 bits per heavy atom. The number of nitrogens with one attached hydrogen (secondary N) is 2. The van der Waals surface area contributed by atoms with Gasteiger partial charge in [0.2, 0.25) is 0 Å². The lowest BCUT2D eigenvalue weighted by Gasteiger charge is -2.13. The Morgan fingerprint density at radius 2 is 1.82 bits per heavy atom. The van der Waals surface area contributed by atoms with Gasteiger partial charge in [0, 0.05) is 11.3 Å². The SMILES string of the molecule is CCOc1cc(/C=C2/S[C@H](Nc3ccc(CC)cc3)NC2=O)ccc1OCc1ccccc1F. The third-order valence-corrected chi connectivity index (χ3v) is 6.33. The van der Waals surface area contributed by atoms with Crippen molar-refractivity contribution < 1.29 is 18.7 Å². The lowest BCUT2D eigenvalue weighted by molar-refractivity contribution is -0.116. The predicted octanol–water partition coefficient (Wildman–Crippen LogP) is 5.97. The first-order chi connectivity index (χ1) is 16.6. The van der Waals surface area contributed by atoms with Gasteiger partial charge in [-0.2, -0.15) is 0 Å². The van der Waals surface area contributed by atoms with Crippen LogP contribution in [0.5, 0.6) is 11.5 Å². The molecule has 1 fully saturated rings. The molecule has 1 aliphatic heterocycles. The van der Waals surface area contributed by atoms with Gasteiger partial charge in [0.1, 0.15) is 12.4 Å². The lowest BCUT2D eigenvalue weighted by Crippen LogP contribution is -2.30. The van der Waals surface area contributed by atoms with Crippen LogP contribution in [-0.2, 0) is 17.8 Å².